The number of halogens is 1. The van der Waals surface area contributed by atoms with Crippen molar-refractivity contribution >= 4 is 34.8 Å². The fourth-order valence-corrected chi connectivity index (χ4v) is 3.09. The van der Waals surface area contributed by atoms with Gasteiger partial charge in [-0.25, -0.2) is 0 Å². The largest absolute Gasteiger partial charge is 0.497 e. The number of nitrogens with one attached hydrogen (secondary N) is 2. The molecule has 0 spiro atoms. The van der Waals surface area contributed by atoms with Crippen molar-refractivity contribution in [3.63, 3.8) is 0 Å². The lowest BCUT2D eigenvalue weighted by Crippen LogP contribution is -2.21. The van der Waals surface area contributed by atoms with Crippen LogP contribution in [0, 0.1) is 0 Å². The molecule has 0 aliphatic rings. The van der Waals surface area contributed by atoms with Crippen LogP contribution in [0.2, 0.25) is 0 Å². The lowest BCUT2D eigenvalue weighted by molar-refractivity contribution is -0.117. The molecule has 0 saturated heterocycles. The molecule has 0 aliphatic heterocycles. The molecule has 0 bridgehead atoms. The van der Waals surface area contributed by atoms with Gasteiger partial charge in [0.05, 0.1) is 13.0 Å². The van der Waals surface area contributed by atoms with E-state index in [2.05, 4.69) is 23.6 Å². The van der Waals surface area contributed by atoms with Gasteiger partial charge in [-0.05, 0) is 53.6 Å². The second kappa shape index (κ2) is 10.1. The zero-order chi connectivity index (χ0) is 19.2. The maximum absolute atomic E-state index is 12.8. The first-order valence-electron chi connectivity index (χ1n) is 9.29. The Labute approximate surface area is 172 Å². The quantitative estimate of drug-likeness (QED) is 0.580. The summed E-state index contributed by atoms with van der Waals surface area (Å²) >= 11 is 0. The third-order valence-electron chi connectivity index (χ3n) is 4.81. The number of amides is 1. The van der Waals surface area contributed by atoms with E-state index in [1.165, 1.54) is 0 Å². The monoisotopic (exact) mass is 398 g/mol. The van der Waals surface area contributed by atoms with Crippen LogP contribution in [0.4, 0.5) is 5.69 Å². The Bertz CT molecular complexity index is 943. The van der Waals surface area contributed by atoms with Gasteiger partial charge in [0, 0.05) is 12.2 Å². The van der Waals surface area contributed by atoms with Crippen molar-refractivity contribution in [1.29, 1.82) is 0 Å². The van der Waals surface area contributed by atoms with Crippen molar-refractivity contribution in [3.8, 4) is 5.75 Å². The average molecular weight is 399 g/mol. The summed E-state index contributed by atoms with van der Waals surface area (Å²) in [6.07, 6.45) is 0. The fraction of sp³-hybridized carbons (Fsp3) is 0.261. The number of hydrogen-bond donors (Lipinski definition) is 2. The van der Waals surface area contributed by atoms with Crippen molar-refractivity contribution in [1.82, 2.24) is 5.32 Å². The highest BCUT2D eigenvalue weighted by Gasteiger charge is 2.17. The van der Waals surface area contributed by atoms with E-state index < -0.39 is 0 Å². The van der Waals surface area contributed by atoms with Gasteiger partial charge in [0.15, 0.2) is 0 Å². The highest BCUT2D eigenvalue weighted by molar-refractivity contribution is 5.97. The Morgan fingerprint density at radius 1 is 1.04 bits per heavy atom. The van der Waals surface area contributed by atoms with E-state index in [1.54, 1.807) is 7.11 Å². The highest BCUT2D eigenvalue weighted by Crippen LogP contribution is 2.26. The number of fused-ring (bicyclic) bond motifs is 1. The van der Waals surface area contributed by atoms with E-state index in [4.69, 9.17) is 4.74 Å². The summed E-state index contributed by atoms with van der Waals surface area (Å²) < 4.78 is 5.27. The Hall–Kier alpha value is -2.56. The van der Waals surface area contributed by atoms with Crippen LogP contribution in [-0.4, -0.2) is 19.6 Å². The molecule has 1 atom stereocenters. The van der Waals surface area contributed by atoms with Gasteiger partial charge in [0.25, 0.3) is 0 Å². The SMILES string of the molecule is CCNCc1ccccc1NC(=O)C(C)c1ccc2cc(OC)ccc2c1.Cl. The van der Waals surface area contributed by atoms with Gasteiger partial charge in [-0.3, -0.25) is 4.79 Å². The van der Waals surface area contributed by atoms with Gasteiger partial charge in [-0.2, -0.15) is 0 Å². The lowest BCUT2D eigenvalue weighted by Gasteiger charge is -2.16. The molecule has 3 aromatic carbocycles. The molecule has 5 heteroatoms. The number of carbonyl (C=O) groups excluding carboxylic acids is 1. The number of rotatable bonds is 7. The molecule has 1 amide bonds. The van der Waals surface area contributed by atoms with Crippen LogP contribution in [-0.2, 0) is 11.3 Å². The topological polar surface area (TPSA) is 50.4 Å². The van der Waals surface area contributed by atoms with E-state index in [1.807, 2.05) is 61.5 Å². The van der Waals surface area contributed by atoms with Crippen LogP contribution in [0.25, 0.3) is 10.8 Å². The number of para-hydroxylation sites is 1. The standard InChI is InChI=1S/C23H26N2O2.ClH/c1-4-24-15-20-7-5-6-8-22(20)25-23(26)16(2)17-9-10-19-14-21(27-3)12-11-18(19)13-17;/h5-14,16,24H,4,15H2,1-3H3,(H,25,26);1H. The van der Waals surface area contributed by atoms with Crippen molar-refractivity contribution in [2.45, 2.75) is 26.3 Å². The first-order chi connectivity index (χ1) is 13.1. The zero-order valence-electron chi connectivity index (χ0n) is 16.5. The molecule has 0 saturated carbocycles. The highest BCUT2D eigenvalue weighted by atomic mass is 35.5. The second-order valence-corrected chi connectivity index (χ2v) is 6.62. The molecule has 3 aromatic rings. The van der Waals surface area contributed by atoms with Crippen LogP contribution in [0.1, 0.15) is 30.9 Å². The van der Waals surface area contributed by atoms with E-state index in [9.17, 15) is 4.79 Å². The van der Waals surface area contributed by atoms with Gasteiger partial charge in [0.1, 0.15) is 5.75 Å². The summed E-state index contributed by atoms with van der Waals surface area (Å²) in [6.45, 7) is 5.63. The van der Waals surface area contributed by atoms with E-state index >= 15 is 0 Å². The van der Waals surface area contributed by atoms with Gasteiger partial charge < -0.3 is 15.4 Å². The van der Waals surface area contributed by atoms with Crippen LogP contribution in [0.5, 0.6) is 5.75 Å². The molecule has 0 aromatic heterocycles. The summed E-state index contributed by atoms with van der Waals surface area (Å²) in [4.78, 5) is 12.8. The maximum atomic E-state index is 12.8. The number of anilines is 1. The van der Waals surface area contributed by atoms with Gasteiger partial charge in [-0.15, -0.1) is 12.4 Å². The van der Waals surface area contributed by atoms with Gasteiger partial charge in [-0.1, -0.05) is 49.4 Å². The molecule has 4 nitrogen and oxygen atoms in total. The number of carbonyl (C=O) groups is 1. The van der Waals surface area contributed by atoms with Crippen molar-refractivity contribution in [2.75, 3.05) is 19.0 Å². The van der Waals surface area contributed by atoms with Crippen molar-refractivity contribution < 1.29 is 9.53 Å². The molecular formula is C23H27ClN2O2. The number of methoxy groups -OCH3 is 1. The van der Waals surface area contributed by atoms with Crippen LogP contribution in [0.3, 0.4) is 0 Å². The molecule has 28 heavy (non-hydrogen) atoms. The molecular weight excluding hydrogens is 372 g/mol. The zero-order valence-corrected chi connectivity index (χ0v) is 17.3. The number of benzene rings is 3. The molecule has 148 valence electrons. The molecule has 0 radical (unpaired) electrons. The minimum atomic E-state index is -0.247. The second-order valence-electron chi connectivity index (χ2n) is 6.62. The third kappa shape index (κ3) is 5.03. The van der Waals surface area contributed by atoms with Crippen molar-refractivity contribution in [3.05, 3.63) is 71.8 Å². The summed E-state index contributed by atoms with van der Waals surface area (Å²) in [5.74, 6) is 0.578. The molecule has 0 heterocycles. The molecule has 1 unspecified atom stereocenters. The van der Waals surface area contributed by atoms with E-state index in [0.29, 0.717) is 0 Å². The van der Waals surface area contributed by atoms with Crippen LogP contribution < -0.4 is 15.4 Å². The smallest absolute Gasteiger partial charge is 0.231 e. The summed E-state index contributed by atoms with van der Waals surface area (Å²) in [7, 11) is 1.66. The van der Waals surface area contributed by atoms with E-state index in [-0.39, 0.29) is 24.2 Å². The Morgan fingerprint density at radius 3 is 2.50 bits per heavy atom. The maximum Gasteiger partial charge on any atom is 0.231 e. The first kappa shape index (κ1) is 21.7. The molecule has 0 aliphatic carbocycles. The Morgan fingerprint density at radius 2 is 1.75 bits per heavy atom. The Balaban J connectivity index is 0.00000280. The molecule has 2 N–H and O–H groups in total. The minimum Gasteiger partial charge on any atom is -0.497 e. The predicted octanol–water partition coefficient (Wildman–Crippen LogP) is 5.12. The van der Waals surface area contributed by atoms with Gasteiger partial charge >= 0.3 is 0 Å². The van der Waals surface area contributed by atoms with Crippen LogP contribution in [0.15, 0.2) is 60.7 Å². The fourth-order valence-electron chi connectivity index (χ4n) is 3.09. The summed E-state index contributed by atoms with van der Waals surface area (Å²) in [5, 5.41) is 8.59. The Kier molecular flexibility index (Phi) is 7.85. The normalized spacial score (nSPS) is 11.5. The predicted molar refractivity (Wildman–Crippen MR) is 119 cm³/mol. The molecule has 0 fully saturated rings. The van der Waals surface area contributed by atoms with E-state index in [0.717, 1.165) is 46.4 Å². The summed E-state index contributed by atoms with van der Waals surface area (Å²) in [6, 6.07) is 20.0. The minimum absolute atomic E-state index is 0. The van der Waals surface area contributed by atoms with Gasteiger partial charge in [0.2, 0.25) is 5.91 Å². The number of hydrogen-bond acceptors (Lipinski definition) is 3. The molecule has 3 rings (SSSR count). The van der Waals surface area contributed by atoms with Crippen molar-refractivity contribution in [2.24, 2.45) is 0 Å². The first-order valence-corrected chi connectivity index (χ1v) is 9.29. The number of ether oxygens (including phenoxy) is 1. The lowest BCUT2D eigenvalue weighted by atomic mass is 9.96. The third-order valence-corrected chi connectivity index (χ3v) is 4.81. The van der Waals surface area contributed by atoms with Crippen LogP contribution >= 0.6 is 12.4 Å². The average Bonchev–Trinajstić information content (AvgIpc) is 2.71. The summed E-state index contributed by atoms with van der Waals surface area (Å²) in [5.41, 5.74) is 2.95.